The molecule has 4 aromatic carbocycles. The Kier molecular flexibility index (Phi) is 45.3. The van der Waals surface area contributed by atoms with Crippen LogP contribution >= 0.6 is 41.7 Å². The Balaban J connectivity index is -0.000000342. The molecule has 0 bridgehead atoms. The lowest BCUT2D eigenvalue weighted by molar-refractivity contribution is -0.109. The third kappa shape index (κ3) is 35.7. The molecule has 4 unspecified atom stereocenters. The molecule has 0 saturated carbocycles. The van der Waals surface area contributed by atoms with Gasteiger partial charge in [0.1, 0.15) is 0 Å². The zero-order chi connectivity index (χ0) is 50.2. The monoisotopic (exact) mass is 978 g/mol. The van der Waals surface area contributed by atoms with E-state index in [1.54, 1.807) is 26.2 Å². The highest BCUT2D eigenvalue weighted by molar-refractivity contribution is 7.54. The highest BCUT2D eigenvalue weighted by Gasteiger charge is 2.08. The maximum absolute atomic E-state index is 11.1. The molecule has 7 nitrogen and oxygen atoms in total. The number of methoxy groups -OCH3 is 2. The van der Waals surface area contributed by atoms with E-state index in [9.17, 15) is 19.2 Å². The second-order valence-corrected chi connectivity index (χ2v) is 21.0. The highest BCUT2D eigenvalue weighted by Crippen LogP contribution is 2.21. The van der Waals surface area contributed by atoms with Crippen LogP contribution in [0, 0.1) is 0 Å². The zero-order valence-electron chi connectivity index (χ0n) is 40.7. The molecular weight excluding hydrogens is 905 g/mol. The molecule has 0 aromatic heterocycles. The second-order valence-electron chi connectivity index (χ2n) is 14.0. The Morgan fingerprint density at radius 2 is 0.828 bits per heavy atom. The summed E-state index contributed by atoms with van der Waals surface area (Å²) in [6, 6.07) is 33.2. The Hall–Kier alpha value is -3.61. The largest absolute Gasteiger partial charge is 0.643 e. The van der Waals surface area contributed by atoms with Gasteiger partial charge in [-0.2, -0.15) is 0 Å². The van der Waals surface area contributed by atoms with Gasteiger partial charge in [-0.1, -0.05) is 155 Å². The van der Waals surface area contributed by atoms with Crippen LogP contribution in [-0.2, 0) is 14.3 Å². The van der Waals surface area contributed by atoms with Crippen LogP contribution in [-0.4, -0.2) is 53.7 Å². The first-order valence-electron chi connectivity index (χ1n) is 21.6. The van der Waals surface area contributed by atoms with E-state index in [4.69, 9.17) is 35.3 Å². The van der Waals surface area contributed by atoms with Gasteiger partial charge in [0.15, 0.2) is 5.78 Å². The lowest BCUT2D eigenvalue weighted by Crippen LogP contribution is -2.01. The summed E-state index contributed by atoms with van der Waals surface area (Å²) in [5, 5.41) is 8.31. The van der Waals surface area contributed by atoms with E-state index in [0.717, 1.165) is 24.8 Å². The summed E-state index contributed by atoms with van der Waals surface area (Å²) in [5.74, 6) is 1.33. The minimum Gasteiger partial charge on any atom is -0.505 e. The minimum atomic E-state index is -1.72. The average molecular weight is 981 g/mol. The van der Waals surface area contributed by atoms with Crippen molar-refractivity contribution >= 4 is 76.1 Å². The number of Topliss-reactive ketones (excluding diaryl/α,β-unsaturated/α-hetero) is 1. The Morgan fingerprint density at radius 3 is 1.05 bits per heavy atom. The third-order valence-electron chi connectivity index (χ3n) is 9.50. The van der Waals surface area contributed by atoms with Crippen LogP contribution in [0.4, 0.5) is 0 Å². The predicted octanol–water partition coefficient (Wildman–Crippen LogP) is 16.7. The van der Waals surface area contributed by atoms with E-state index < -0.39 is 17.4 Å². The van der Waals surface area contributed by atoms with Crippen LogP contribution in [0.2, 0.25) is 0 Å². The number of carboxylic acids is 1. The summed E-state index contributed by atoms with van der Waals surface area (Å²) in [6.07, 6.45) is 5.92. The molecule has 4 rings (SSSR count). The number of rotatable bonds is 12. The van der Waals surface area contributed by atoms with E-state index in [1.165, 1.54) is 49.0 Å². The number of hydrogen-bond acceptors (Lipinski definition) is 6. The molecule has 0 aliphatic carbocycles. The normalized spacial score (nSPS) is 11.0. The highest BCUT2D eigenvalue weighted by atomic mass is 35.8. The first-order valence-corrected chi connectivity index (χ1v) is 27.2. The standard InChI is InChI=1S/C12H16O2.C12H16O.C11H14O2.C10H14.C3H6O.C2H3ClO.C2H6.Al.3ClH/c1-4-9(2)10-5-7-11(8-6-10)12(13)14-3;1-4-9(2)11-5-7-12(8-6-11)10(3)13;1-3-8(2)9-4-6-10(7-5-9)11(12)13;1-3-9(2)10-7-5-4-6-8-10;1-3-4-2;1-2(3)4;1-2;;;;/h5-9H,4H2,1-3H3;5-9H,4H2,1-3H3;4-8H,3H2,1-2H3,(H,12,13);4-9H,3H2,1-2H3;3H,1H2,2H3;1H3;1-2H3;;3*1H/q;;;;;;;+3;;;/p-3. The van der Waals surface area contributed by atoms with Crippen molar-refractivity contribution in [2.45, 2.75) is 132 Å². The average Bonchev–Trinajstić information content (AvgIpc) is 3.31. The molecule has 4 aromatic rings. The minimum absolute atomic E-state index is 0.135. The molecule has 64 heavy (non-hydrogen) atoms. The Labute approximate surface area is 408 Å². The fourth-order valence-corrected chi connectivity index (χ4v) is 4.79. The fraction of sp³-hybridized carbons (Fsp3) is 0.423. The lowest BCUT2D eigenvalue weighted by atomic mass is 9.97. The maximum atomic E-state index is 11.1. The van der Waals surface area contributed by atoms with E-state index in [2.05, 4.69) is 113 Å². The Bertz CT molecular complexity index is 1700. The molecule has 0 fully saturated rings. The van der Waals surface area contributed by atoms with Crippen molar-refractivity contribution in [3.05, 3.63) is 155 Å². The third-order valence-corrected chi connectivity index (χ3v) is 9.50. The maximum Gasteiger partial charge on any atom is 0.643 e. The van der Waals surface area contributed by atoms with Crippen LogP contribution in [0.3, 0.4) is 0 Å². The summed E-state index contributed by atoms with van der Waals surface area (Å²) < 4.78 is 8.93. The number of esters is 1. The molecular formula is C52H75AlCl4O7. The van der Waals surface area contributed by atoms with Crippen molar-refractivity contribution in [3.8, 4) is 0 Å². The molecule has 0 heterocycles. The molecule has 1 N–H and O–H groups in total. The number of benzene rings is 4. The number of carboxylic acid groups (broad SMARTS) is 1. The first-order chi connectivity index (χ1) is 30.2. The molecule has 0 aliphatic rings. The quantitative estimate of drug-likeness (QED) is 0.0495. The van der Waals surface area contributed by atoms with Crippen LogP contribution in [0.25, 0.3) is 0 Å². The van der Waals surface area contributed by atoms with Gasteiger partial charge in [-0.3, -0.25) is 9.59 Å². The van der Waals surface area contributed by atoms with E-state index in [1.807, 2.05) is 74.5 Å². The smallest absolute Gasteiger partial charge is 0.505 e. The van der Waals surface area contributed by atoms with Gasteiger partial charge >= 0.3 is 23.3 Å². The fourth-order valence-electron chi connectivity index (χ4n) is 4.79. The number of carbonyl (C=O) groups is 4. The van der Waals surface area contributed by atoms with E-state index in [-0.39, 0.29) is 17.0 Å². The molecule has 12 heteroatoms. The Morgan fingerprint density at radius 1 is 0.578 bits per heavy atom. The zero-order valence-corrected chi connectivity index (χ0v) is 44.9. The van der Waals surface area contributed by atoms with Crippen molar-refractivity contribution in [1.82, 2.24) is 0 Å². The second kappa shape index (κ2) is 43.3. The molecule has 0 amide bonds. The van der Waals surface area contributed by atoms with Gasteiger partial charge in [-0.15, -0.1) is 0 Å². The van der Waals surface area contributed by atoms with Crippen molar-refractivity contribution in [3.63, 3.8) is 0 Å². The number of carbonyl (C=O) groups excluding carboxylic acids is 3. The van der Waals surface area contributed by atoms with Gasteiger partial charge in [-0.25, -0.2) is 39.7 Å². The first kappa shape index (κ1) is 67.0. The molecule has 4 atom stereocenters. The van der Waals surface area contributed by atoms with Gasteiger partial charge in [0.05, 0.1) is 31.6 Å². The van der Waals surface area contributed by atoms with Crippen molar-refractivity contribution in [2.24, 2.45) is 0 Å². The SMILES string of the molecule is C=COC.CC.CC(=O)Cl.CCC(C)c1ccc(C(=O)O)cc1.CCC(C)c1ccc(C(=O)OC)cc1.CCC(C)c1ccc(C(C)=O)cc1.CCC(C)c1ccccc1.[Cl][Al]([Cl])[Cl]. The summed E-state index contributed by atoms with van der Waals surface area (Å²) in [5.41, 5.74) is 6.99. The van der Waals surface area contributed by atoms with Gasteiger partial charge in [0.2, 0.25) is 5.24 Å². The van der Waals surface area contributed by atoms with E-state index >= 15 is 0 Å². The number of ketones is 1. The van der Waals surface area contributed by atoms with Crippen LogP contribution in [0.5, 0.6) is 0 Å². The summed E-state index contributed by atoms with van der Waals surface area (Å²) >= 11 is 2.91. The number of aromatic carboxylic acids is 1. The predicted molar refractivity (Wildman–Crippen MR) is 277 cm³/mol. The van der Waals surface area contributed by atoms with Crippen LogP contribution in [0.15, 0.2) is 116 Å². The molecule has 0 radical (unpaired) electrons. The van der Waals surface area contributed by atoms with Crippen molar-refractivity contribution in [2.75, 3.05) is 14.2 Å². The number of hydrogen-bond donors (Lipinski definition) is 1. The van der Waals surface area contributed by atoms with Crippen molar-refractivity contribution < 1.29 is 33.8 Å². The summed E-state index contributed by atoms with van der Waals surface area (Å²) in [6.45, 7) is 27.6. The van der Waals surface area contributed by atoms with E-state index in [0.29, 0.717) is 34.8 Å². The molecule has 0 spiro atoms. The van der Waals surface area contributed by atoms with Gasteiger partial charge in [0.25, 0.3) is 0 Å². The van der Waals surface area contributed by atoms with Gasteiger partial charge < -0.3 is 14.6 Å². The van der Waals surface area contributed by atoms with Crippen LogP contribution < -0.4 is 0 Å². The van der Waals surface area contributed by atoms with Crippen molar-refractivity contribution in [1.29, 1.82) is 0 Å². The van der Waals surface area contributed by atoms with Gasteiger partial charge in [-0.05, 0) is 114 Å². The molecule has 0 saturated heterocycles. The molecule has 0 aliphatic heterocycles. The number of ether oxygens (including phenoxy) is 2. The van der Waals surface area contributed by atoms with Gasteiger partial charge in [0, 0.05) is 12.5 Å². The summed E-state index contributed by atoms with van der Waals surface area (Å²) in [4.78, 5) is 41.9. The lowest BCUT2D eigenvalue weighted by Gasteiger charge is -2.08. The van der Waals surface area contributed by atoms with Crippen LogP contribution in [0.1, 0.15) is 186 Å². The topological polar surface area (TPSA) is 107 Å². The summed E-state index contributed by atoms with van der Waals surface area (Å²) in [7, 11) is 17.8. The molecule has 356 valence electrons. The number of halogens is 4.